The summed E-state index contributed by atoms with van der Waals surface area (Å²) in [5.41, 5.74) is -1.75. The Hall–Kier alpha value is -2.01. The molecule has 0 unspecified atom stereocenters. The van der Waals surface area contributed by atoms with Crippen molar-refractivity contribution in [3.8, 4) is 6.07 Å². The molecule has 1 fully saturated rings. The number of Topliss-reactive ketones (excluding diaryl/α,β-unsaturated/α-hetero) is 1. The summed E-state index contributed by atoms with van der Waals surface area (Å²) in [4.78, 5) is 35.4. The molecule has 1 saturated heterocycles. The molecule has 0 aliphatic carbocycles. The van der Waals surface area contributed by atoms with E-state index in [1.807, 2.05) is 0 Å². The standard InChI is InChI=1S/C11H13N3O4S/c1-3-6(15)4-11(9(17)18-2)7(5-12)8(16)13-10(19)14-11/h7H,3-4H2,1-2H3,(H2,13,14,16,19)/t7-,11-/m0/s1. The molecule has 0 aromatic rings. The molecule has 1 aliphatic rings. The van der Waals surface area contributed by atoms with Crippen LogP contribution in [0.5, 0.6) is 0 Å². The third kappa shape index (κ3) is 2.71. The van der Waals surface area contributed by atoms with Gasteiger partial charge in [-0.2, -0.15) is 5.26 Å². The van der Waals surface area contributed by atoms with Gasteiger partial charge >= 0.3 is 5.97 Å². The molecule has 1 heterocycles. The number of nitrogens with zero attached hydrogens (tertiary/aromatic N) is 1. The fourth-order valence-electron chi connectivity index (χ4n) is 1.89. The number of ketones is 1. The summed E-state index contributed by atoms with van der Waals surface area (Å²) < 4.78 is 4.62. The first-order valence-electron chi connectivity index (χ1n) is 5.54. The van der Waals surface area contributed by atoms with Crippen molar-refractivity contribution < 1.29 is 19.1 Å². The number of nitriles is 1. The minimum absolute atomic E-state index is 0.106. The molecule has 102 valence electrons. The molecule has 1 amide bonds. The first-order valence-corrected chi connectivity index (χ1v) is 5.94. The highest BCUT2D eigenvalue weighted by molar-refractivity contribution is 7.80. The van der Waals surface area contributed by atoms with E-state index in [1.54, 1.807) is 13.0 Å². The highest BCUT2D eigenvalue weighted by Crippen LogP contribution is 2.27. The van der Waals surface area contributed by atoms with Crippen LogP contribution < -0.4 is 10.6 Å². The first kappa shape index (κ1) is 15.0. The Kier molecular flexibility index (Phi) is 4.56. The summed E-state index contributed by atoms with van der Waals surface area (Å²) in [7, 11) is 1.12. The highest BCUT2D eigenvalue weighted by atomic mass is 32.1. The predicted octanol–water partition coefficient (Wildman–Crippen LogP) is -0.589. The van der Waals surface area contributed by atoms with E-state index in [0.29, 0.717) is 0 Å². The van der Waals surface area contributed by atoms with Crippen LogP contribution in [0.15, 0.2) is 0 Å². The summed E-state index contributed by atoms with van der Waals surface area (Å²) >= 11 is 4.82. The molecular formula is C11H13N3O4S. The van der Waals surface area contributed by atoms with E-state index >= 15 is 0 Å². The van der Waals surface area contributed by atoms with Crippen LogP contribution in [0, 0.1) is 17.2 Å². The molecule has 0 bridgehead atoms. The van der Waals surface area contributed by atoms with Gasteiger partial charge in [0.15, 0.2) is 16.6 Å². The number of thiocarbonyl (C=S) groups is 1. The number of methoxy groups -OCH3 is 1. The van der Waals surface area contributed by atoms with Gasteiger partial charge in [0.1, 0.15) is 5.78 Å². The number of esters is 1. The van der Waals surface area contributed by atoms with Crippen LogP contribution in [-0.2, 0) is 19.1 Å². The van der Waals surface area contributed by atoms with Gasteiger partial charge in [-0.3, -0.25) is 9.59 Å². The fraction of sp³-hybridized carbons (Fsp3) is 0.545. The molecule has 7 nitrogen and oxygen atoms in total. The number of carbonyl (C=O) groups is 3. The molecule has 1 aliphatic heterocycles. The van der Waals surface area contributed by atoms with Crippen molar-refractivity contribution in [1.82, 2.24) is 10.6 Å². The zero-order valence-corrected chi connectivity index (χ0v) is 11.3. The number of hydrogen-bond donors (Lipinski definition) is 2. The largest absolute Gasteiger partial charge is 0.467 e. The van der Waals surface area contributed by atoms with E-state index in [1.165, 1.54) is 0 Å². The Morgan fingerprint density at radius 2 is 2.21 bits per heavy atom. The van der Waals surface area contributed by atoms with Gasteiger partial charge < -0.3 is 15.4 Å². The second-order valence-corrected chi connectivity index (χ2v) is 4.45. The van der Waals surface area contributed by atoms with Crippen LogP contribution >= 0.6 is 12.2 Å². The Bertz CT molecular complexity index is 485. The second-order valence-electron chi connectivity index (χ2n) is 4.04. The quantitative estimate of drug-likeness (QED) is 0.524. The molecule has 0 aromatic carbocycles. The Morgan fingerprint density at radius 1 is 1.58 bits per heavy atom. The van der Waals surface area contributed by atoms with Crippen molar-refractivity contribution in [2.45, 2.75) is 25.3 Å². The van der Waals surface area contributed by atoms with E-state index in [9.17, 15) is 14.4 Å². The van der Waals surface area contributed by atoms with Gasteiger partial charge in [-0.05, 0) is 12.2 Å². The molecule has 2 atom stereocenters. The van der Waals surface area contributed by atoms with Crippen molar-refractivity contribution in [2.75, 3.05) is 7.11 Å². The van der Waals surface area contributed by atoms with E-state index in [-0.39, 0.29) is 23.7 Å². The van der Waals surface area contributed by atoms with Crippen LogP contribution in [0.4, 0.5) is 0 Å². The minimum atomic E-state index is -1.75. The van der Waals surface area contributed by atoms with Gasteiger partial charge in [-0.1, -0.05) is 6.92 Å². The van der Waals surface area contributed by atoms with Gasteiger partial charge in [0, 0.05) is 12.8 Å². The maximum Gasteiger partial charge on any atom is 0.333 e. The number of hydrogen-bond acceptors (Lipinski definition) is 6. The van der Waals surface area contributed by atoms with Crippen LogP contribution in [-0.4, -0.2) is 35.4 Å². The van der Waals surface area contributed by atoms with Crippen LogP contribution in [0.3, 0.4) is 0 Å². The lowest BCUT2D eigenvalue weighted by molar-refractivity contribution is -0.154. The van der Waals surface area contributed by atoms with E-state index in [2.05, 4.69) is 15.4 Å². The van der Waals surface area contributed by atoms with Crippen LogP contribution in [0.25, 0.3) is 0 Å². The molecule has 8 heteroatoms. The monoisotopic (exact) mass is 283 g/mol. The van der Waals surface area contributed by atoms with Crippen molar-refractivity contribution in [2.24, 2.45) is 5.92 Å². The minimum Gasteiger partial charge on any atom is -0.467 e. The number of rotatable bonds is 4. The van der Waals surface area contributed by atoms with E-state index in [4.69, 9.17) is 17.5 Å². The topological polar surface area (TPSA) is 108 Å². The molecule has 1 rings (SSSR count). The molecule has 19 heavy (non-hydrogen) atoms. The van der Waals surface area contributed by atoms with Crippen molar-refractivity contribution >= 4 is 35.0 Å². The number of amides is 1. The summed E-state index contributed by atoms with van der Waals surface area (Å²) in [6, 6.07) is 1.72. The third-order valence-corrected chi connectivity index (χ3v) is 3.08. The van der Waals surface area contributed by atoms with Crippen molar-refractivity contribution in [3.05, 3.63) is 0 Å². The Balaban J connectivity index is 3.29. The van der Waals surface area contributed by atoms with Gasteiger partial charge in [0.25, 0.3) is 0 Å². The molecule has 2 N–H and O–H groups in total. The lowest BCUT2D eigenvalue weighted by Gasteiger charge is -2.38. The zero-order valence-electron chi connectivity index (χ0n) is 10.5. The number of ether oxygens (including phenoxy) is 1. The highest BCUT2D eigenvalue weighted by Gasteiger charge is 2.55. The van der Waals surface area contributed by atoms with E-state index in [0.717, 1.165) is 7.11 Å². The third-order valence-electron chi connectivity index (χ3n) is 2.88. The number of nitrogens with one attached hydrogen (secondary N) is 2. The zero-order chi connectivity index (χ0) is 14.6. The Morgan fingerprint density at radius 3 is 2.68 bits per heavy atom. The molecule has 0 spiro atoms. The lowest BCUT2D eigenvalue weighted by Crippen LogP contribution is -2.70. The summed E-state index contributed by atoms with van der Waals surface area (Å²) in [6.07, 6.45) is -0.158. The average Bonchev–Trinajstić information content (AvgIpc) is 2.36. The summed E-state index contributed by atoms with van der Waals surface area (Å²) in [6.45, 7) is 1.62. The van der Waals surface area contributed by atoms with Gasteiger partial charge in [-0.15, -0.1) is 0 Å². The van der Waals surface area contributed by atoms with Gasteiger partial charge in [0.2, 0.25) is 5.91 Å². The number of carbonyl (C=O) groups excluding carboxylic acids is 3. The normalized spacial score (nSPS) is 25.8. The lowest BCUT2D eigenvalue weighted by atomic mass is 9.78. The maximum atomic E-state index is 12.0. The Labute approximate surface area is 115 Å². The van der Waals surface area contributed by atoms with Crippen molar-refractivity contribution in [1.29, 1.82) is 5.26 Å². The van der Waals surface area contributed by atoms with Gasteiger partial charge in [0.05, 0.1) is 13.2 Å². The second kappa shape index (κ2) is 5.75. The molecule has 0 aromatic heterocycles. The van der Waals surface area contributed by atoms with Gasteiger partial charge in [-0.25, -0.2) is 4.79 Å². The SMILES string of the molecule is CCC(=O)C[C@]1(C(=O)OC)NC(=S)NC(=O)[C@@H]1C#N. The predicted molar refractivity (Wildman–Crippen MR) is 67.6 cm³/mol. The van der Waals surface area contributed by atoms with Crippen molar-refractivity contribution in [3.63, 3.8) is 0 Å². The van der Waals surface area contributed by atoms with Crippen LogP contribution in [0.1, 0.15) is 19.8 Å². The molecular weight excluding hydrogens is 270 g/mol. The smallest absolute Gasteiger partial charge is 0.333 e. The summed E-state index contributed by atoms with van der Waals surface area (Å²) in [5.74, 6) is -3.25. The first-order chi connectivity index (χ1) is 8.91. The summed E-state index contributed by atoms with van der Waals surface area (Å²) in [5, 5.41) is 13.8. The molecule has 0 saturated carbocycles. The maximum absolute atomic E-state index is 12.0. The molecule has 0 radical (unpaired) electrons. The van der Waals surface area contributed by atoms with E-state index < -0.39 is 23.3 Å². The fourth-order valence-corrected chi connectivity index (χ4v) is 2.17. The van der Waals surface area contributed by atoms with Crippen LogP contribution in [0.2, 0.25) is 0 Å². The average molecular weight is 283 g/mol.